The van der Waals surface area contributed by atoms with Gasteiger partial charge in [0.1, 0.15) is 18.1 Å². The molecule has 0 aliphatic carbocycles. The molecule has 1 aromatic carbocycles. The van der Waals surface area contributed by atoms with E-state index in [1.165, 1.54) is 0 Å². The molecule has 3 aromatic rings. The molecule has 0 saturated carbocycles. The summed E-state index contributed by atoms with van der Waals surface area (Å²) < 4.78 is 13.0. The van der Waals surface area contributed by atoms with E-state index in [4.69, 9.17) is 9.26 Å². The highest BCUT2D eigenvalue weighted by atomic mass is 16.5. The van der Waals surface area contributed by atoms with Gasteiger partial charge in [0, 0.05) is 12.7 Å². The van der Waals surface area contributed by atoms with E-state index in [0.29, 0.717) is 17.0 Å². The molecular weight excluding hydrogens is 344 g/mol. The fourth-order valence-corrected chi connectivity index (χ4v) is 2.89. The molecule has 3 rings (SSSR count). The lowest BCUT2D eigenvalue weighted by atomic mass is 10.1. The molecule has 1 N–H and O–H groups in total. The summed E-state index contributed by atoms with van der Waals surface area (Å²) in [7, 11) is 0. The Hall–Kier alpha value is -3.09. The summed E-state index contributed by atoms with van der Waals surface area (Å²) in [4.78, 5) is 12.7. The average molecular weight is 368 g/mol. The molecule has 0 aliphatic heterocycles. The largest absolute Gasteiger partial charge is 0.488 e. The lowest BCUT2D eigenvalue weighted by molar-refractivity contribution is 0.101. The van der Waals surface area contributed by atoms with Crippen LogP contribution in [0.3, 0.4) is 0 Å². The molecule has 142 valence electrons. The molecule has 7 heteroatoms. The molecule has 7 nitrogen and oxygen atoms in total. The van der Waals surface area contributed by atoms with Gasteiger partial charge in [0.15, 0.2) is 5.69 Å². The highest BCUT2D eigenvalue weighted by Crippen LogP contribution is 2.25. The second kappa shape index (κ2) is 7.65. The van der Waals surface area contributed by atoms with Crippen molar-refractivity contribution in [2.45, 2.75) is 47.8 Å². The monoisotopic (exact) mass is 368 g/mol. The van der Waals surface area contributed by atoms with Crippen molar-refractivity contribution in [3.8, 4) is 5.75 Å². The summed E-state index contributed by atoms with van der Waals surface area (Å²) in [6.07, 6.45) is 1.80. The van der Waals surface area contributed by atoms with Crippen molar-refractivity contribution in [3.05, 3.63) is 58.2 Å². The predicted molar refractivity (Wildman–Crippen MR) is 102 cm³/mol. The molecule has 0 spiro atoms. The van der Waals surface area contributed by atoms with Crippen molar-refractivity contribution in [3.63, 3.8) is 0 Å². The number of hydrogen-bond acceptors (Lipinski definition) is 5. The van der Waals surface area contributed by atoms with Gasteiger partial charge in [-0.05, 0) is 45.7 Å². The molecule has 0 fully saturated rings. The number of nitrogens with one attached hydrogen (secondary N) is 1. The van der Waals surface area contributed by atoms with E-state index in [0.717, 1.165) is 29.1 Å². The zero-order chi connectivity index (χ0) is 19.6. The number of anilines is 1. The Balaban J connectivity index is 1.79. The summed E-state index contributed by atoms with van der Waals surface area (Å²) in [6, 6.07) is 5.97. The Morgan fingerprint density at radius 3 is 2.56 bits per heavy atom. The number of aromatic nitrogens is 3. The Morgan fingerprint density at radius 1 is 1.22 bits per heavy atom. The number of nitrogens with zero attached hydrogens (tertiary/aromatic N) is 3. The highest BCUT2D eigenvalue weighted by molar-refractivity contribution is 6.04. The minimum absolute atomic E-state index is 0.205. The van der Waals surface area contributed by atoms with E-state index in [2.05, 4.69) is 15.6 Å². The van der Waals surface area contributed by atoms with Crippen LogP contribution in [0.5, 0.6) is 5.75 Å². The SMILES string of the molecule is CCn1cc(NC(=O)c2noc(C)c2COc2c(C)cccc2C)c(C)n1. The topological polar surface area (TPSA) is 82.2 Å². The first-order chi connectivity index (χ1) is 12.9. The first kappa shape index (κ1) is 18.7. The minimum atomic E-state index is -0.342. The van der Waals surface area contributed by atoms with E-state index in [9.17, 15) is 4.79 Å². The fourth-order valence-electron chi connectivity index (χ4n) is 2.89. The number of para-hydroxylation sites is 1. The number of carbonyl (C=O) groups is 1. The normalized spacial score (nSPS) is 10.9. The Morgan fingerprint density at radius 2 is 1.93 bits per heavy atom. The maximum Gasteiger partial charge on any atom is 0.278 e. The summed E-state index contributed by atoms with van der Waals surface area (Å²) in [6.45, 7) is 10.5. The van der Waals surface area contributed by atoms with Gasteiger partial charge >= 0.3 is 0 Å². The van der Waals surface area contributed by atoms with Gasteiger partial charge in [0.05, 0.1) is 16.9 Å². The van der Waals surface area contributed by atoms with Crippen molar-refractivity contribution in [1.29, 1.82) is 0 Å². The van der Waals surface area contributed by atoms with Crippen LogP contribution in [0.1, 0.15) is 45.6 Å². The van der Waals surface area contributed by atoms with Gasteiger partial charge in [-0.1, -0.05) is 23.4 Å². The number of benzene rings is 1. The third-order valence-electron chi connectivity index (χ3n) is 4.49. The molecule has 0 radical (unpaired) electrons. The first-order valence-corrected chi connectivity index (χ1v) is 8.90. The standard InChI is InChI=1S/C20H24N4O3/c1-6-24-10-17(14(4)22-24)21-20(25)18-16(15(5)27-23-18)11-26-19-12(2)8-7-9-13(19)3/h7-10H,6,11H2,1-5H3,(H,21,25). The number of hydrogen-bond donors (Lipinski definition) is 1. The predicted octanol–water partition coefficient (Wildman–Crippen LogP) is 3.96. The van der Waals surface area contributed by atoms with Crippen molar-refractivity contribution >= 4 is 11.6 Å². The van der Waals surface area contributed by atoms with Crippen molar-refractivity contribution in [2.24, 2.45) is 0 Å². The second-order valence-electron chi connectivity index (χ2n) is 6.51. The quantitative estimate of drug-likeness (QED) is 0.712. The van der Waals surface area contributed by atoms with Gasteiger partial charge in [-0.25, -0.2) is 0 Å². The van der Waals surface area contributed by atoms with Gasteiger partial charge in [-0.3, -0.25) is 9.48 Å². The molecule has 2 heterocycles. The van der Waals surface area contributed by atoms with Crippen LogP contribution in [0.4, 0.5) is 5.69 Å². The Labute approximate surface area is 158 Å². The lowest BCUT2D eigenvalue weighted by Crippen LogP contribution is -2.16. The smallest absolute Gasteiger partial charge is 0.278 e. The third-order valence-corrected chi connectivity index (χ3v) is 4.49. The van der Waals surface area contributed by atoms with Crippen LogP contribution in [0, 0.1) is 27.7 Å². The molecule has 0 aliphatic rings. The van der Waals surface area contributed by atoms with Crippen molar-refractivity contribution in [1.82, 2.24) is 14.9 Å². The minimum Gasteiger partial charge on any atom is -0.488 e. The number of amides is 1. The summed E-state index contributed by atoms with van der Waals surface area (Å²) in [5.74, 6) is 1.03. The maximum atomic E-state index is 12.7. The highest BCUT2D eigenvalue weighted by Gasteiger charge is 2.22. The second-order valence-corrected chi connectivity index (χ2v) is 6.51. The number of rotatable bonds is 6. The molecule has 0 bridgehead atoms. The number of aryl methyl sites for hydroxylation is 5. The van der Waals surface area contributed by atoms with Crippen LogP contribution in [-0.2, 0) is 13.2 Å². The fraction of sp³-hybridized carbons (Fsp3) is 0.350. The van der Waals surface area contributed by atoms with Gasteiger partial charge in [-0.15, -0.1) is 0 Å². The van der Waals surface area contributed by atoms with Gasteiger partial charge in [0.2, 0.25) is 0 Å². The van der Waals surface area contributed by atoms with Gasteiger partial charge < -0.3 is 14.6 Å². The van der Waals surface area contributed by atoms with Gasteiger partial charge in [0.25, 0.3) is 5.91 Å². The average Bonchev–Trinajstić information content (AvgIpc) is 3.17. The van der Waals surface area contributed by atoms with E-state index in [1.54, 1.807) is 17.8 Å². The molecular formula is C20H24N4O3. The van der Waals surface area contributed by atoms with E-state index >= 15 is 0 Å². The van der Waals surface area contributed by atoms with Crippen LogP contribution < -0.4 is 10.1 Å². The van der Waals surface area contributed by atoms with Crippen LogP contribution >= 0.6 is 0 Å². The Kier molecular flexibility index (Phi) is 5.30. The zero-order valence-electron chi connectivity index (χ0n) is 16.3. The maximum absolute atomic E-state index is 12.7. The number of ether oxygens (including phenoxy) is 1. The van der Waals surface area contributed by atoms with Crippen LogP contribution in [0.25, 0.3) is 0 Å². The molecule has 2 aromatic heterocycles. The first-order valence-electron chi connectivity index (χ1n) is 8.90. The third kappa shape index (κ3) is 3.86. The van der Waals surface area contributed by atoms with Crippen molar-refractivity contribution in [2.75, 3.05) is 5.32 Å². The lowest BCUT2D eigenvalue weighted by Gasteiger charge is -2.12. The summed E-state index contributed by atoms with van der Waals surface area (Å²) in [5.41, 5.74) is 4.34. The van der Waals surface area contributed by atoms with E-state index in [1.807, 2.05) is 45.9 Å². The molecule has 1 amide bonds. The molecule has 0 saturated heterocycles. The van der Waals surface area contributed by atoms with Gasteiger partial charge in [-0.2, -0.15) is 5.10 Å². The number of carbonyl (C=O) groups excluding carboxylic acids is 1. The molecule has 27 heavy (non-hydrogen) atoms. The van der Waals surface area contributed by atoms with E-state index in [-0.39, 0.29) is 18.2 Å². The van der Waals surface area contributed by atoms with E-state index < -0.39 is 0 Å². The van der Waals surface area contributed by atoms with Crippen molar-refractivity contribution < 1.29 is 14.1 Å². The Bertz CT molecular complexity index is 952. The van der Waals surface area contributed by atoms with Crippen LogP contribution in [0.2, 0.25) is 0 Å². The van der Waals surface area contributed by atoms with Crippen LogP contribution in [-0.4, -0.2) is 20.8 Å². The molecule has 0 unspecified atom stereocenters. The zero-order valence-corrected chi connectivity index (χ0v) is 16.3. The summed E-state index contributed by atoms with van der Waals surface area (Å²) >= 11 is 0. The molecule has 0 atom stereocenters. The summed E-state index contributed by atoms with van der Waals surface area (Å²) in [5, 5.41) is 11.1. The van der Waals surface area contributed by atoms with Crippen LogP contribution in [0.15, 0.2) is 28.9 Å².